The molecule has 6 heteroatoms. The number of amidine groups is 1. The lowest BCUT2D eigenvalue weighted by molar-refractivity contribution is -0.137. The Bertz CT molecular complexity index is 347. The van der Waals surface area contributed by atoms with Gasteiger partial charge < -0.3 is 10.0 Å². The van der Waals surface area contributed by atoms with Crippen LogP contribution < -0.4 is 10.7 Å². The zero-order chi connectivity index (χ0) is 14.4. The van der Waals surface area contributed by atoms with Crippen molar-refractivity contribution in [2.24, 2.45) is 11.8 Å². The molecule has 0 bridgehead atoms. The molecule has 0 unspecified atom stereocenters. The maximum absolute atomic E-state index is 11.9. The number of urea groups is 1. The lowest BCUT2D eigenvalue weighted by Crippen LogP contribution is -2.57. The Balaban J connectivity index is 2.31. The number of piperidine rings is 1. The molecule has 1 aliphatic rings. The summed E-state index contributed by atoms with van der Waals surface area (Å²) in [5, 5.41) is 17.1. The van der Waals surface area contributed by atoms with Crippen molar-refractivity contribution in [2.75, 3.05) is 13.1 Å². The first-order chi connectivity index (χ1) is 8.90. The van der Waals surface area contributed by atoms with E-state index in [1.54, 1.807) is 4.90 Å². The number of rotatable bonds is 4. The first-order valence-corrected chi connectivity index (χ1v) is 6.80. The van der Waals surface area contributed by atoms with E-state index in [0.717, 1.165) is 12.8 Å². The fourth-order valence-corrected chi connectivity index (χ4v) is 2.10. The first-order valence-electron chi connectivity index (χ1n) is 6.80. The Kier molecular flexibility index (Phi) is 5.79. The van der Waals surface area contributed by atoms with E-state index in [9.17, 15) is 9.59 Å². The van der Waals surface area contributed by atoms with E-state index in [2.05, 4.69) is 5.32 Å². The number of carboxylic acid groups (broad SMARTS) is 1. The molecule has 0 aliphatic carbocycles. The van der Waals surface area contributed by atoms with Crippen LogP contribution in [0.1, 0.15) is 39.5 Å². The minimum Gasteiger partial charge on any atom is -0.481 e. The van der Waals surface area contributed by atoms with E-state index >= 15 is 0 Å². The number of carboxylic acids is 1. The molecule has 0 saturated carbocycles. The van der Waals surface area contributed by atoms with Crippen LogP contribution in [0.25, 0.3) is 0 Å². The Morgan fingerprint density at radius 1 is 1.37 bits per heavy atom. The molecular formula is C13H24N3O3+. The summed E-state index contributed by atoms with van der Waals surface area (Å²) >= 11 is 0. The Morgan fingerprint density at radius 2 is 1.95 bits per heavy atom. The van der Waals surface area contributed by atoms with Gasteiger partial charge in [0.2, 0.25) is 0 Å². The van der Waals surface area contributed by atoms with E-state index in [4.69, 9.17) is 10.5 Å². The highest BCUT2D eigenvalue weighted by Crippen LogP contribution is 2.21. The van der Waals surface area contributed by atoms with E-state index in [1.165, 1.54) is 0 Å². The van der Waals surface area contributed by atoms with Crippen LogP contribution in [0.5, 0.6) is 0 Å². The molecule has 1 saturated heterocycles. The lowest BCUT2D eigenvalue weighted by atomic mass is 9.92. The topological polar surface area (TPSA) is 95.2 Å². The number of hydrogen-bond donors (Lipinski definition) is 3. The molecule has 108 valence electrons. The maximum Gasteiger partial charge on any atom is 0.408 e. The predicted octanol–water partition coefficient (Wildman–Crippen LogP) is 0.0864. The summed E-state index contributed by atoms with van der Waals surface area (Å²) in [6.07, 6.45) is 2.64. The number of carbonyl (C=O) groups is 2. The van der Waals surface area contributed by atoms with Crippen molar-refractivity contribution in [1.29, 1.82) is 0 Å². The van der Waals surface area contributed by atoms with Crippen molar-refractivity contribution >= 4 is 17.8 Å². The molecule has 0 spiro atoms. The monoisotopic (exact) mass is 270 g/mol. The minimum atomic E-state index is -0.750. The number of likely N-dealkylation sites (tertiary alicyclic amines) is 1. The van der Waals surface area contributed by atoms with Crippen LogP contribution >= 0.6 is 0 Å². The summed E-state index contributed by atoms with van der Waals surface area (Å²) in [4.78, 5) is 24.2. The third-order valence-corrected chi connectivity index (χ3v) is 3.54. The minimum absolute atomic E-state index is 0.122. The zero-order valence-corrected chi connectivity index (χ0v) is 11.7. The maximum atomic E-state index is 11.9. The van der Waals surface area contributed by atoms with Crippen LogP contribution in [0.4, 0.5) is 4.79 Å². The highest BCUT2D eigenvalue weighted by atomic mass is 16.4. The van der Waals surface area contributed by atoms with Crippen molar-refractivity contribution in [1.82, 2.24) is 10.2 Å². The van der Waals surface area contributed by atoms with E-state index in [-0.39, 0.29) is 18.4 Å². The fourth-order valence-electron chi connectivity index (χ4n) is 2.10. The summed E-state index contributed by atoms with van der Waals surface area (Å²) in [6, 6.07) is -0.150. The van der Waals surface area contributed by atoms with Crippen LogP contribution in [0.3, 0.4) is 0 Å². The second-order valence-electron chi connectivity index (χ2n) is 5.40. The zero-order valence-electron chi connectivity index (χ0n) is 11.7. The fraction of sp³-hybridized carbons (Fsp3) is 0.769. The summed E-state index contributed by atoms with van der Waals surface area (Å²) in [6.45, 7) is 5.19. The van der Waals surface area contributed by atoms with Gasteiger partial charge in [0.15, 0.2) is 0 Å². The summed E-state index contributed by atoms with van der Waals surface area (Å²) in [5.74, 6) is 0.265. The summed E-state index contributed by atoms with van der Waals surface area (Å²) in [7, 11) is 0. The molecule has 19 heavy (non-hydrogen) atoms. The van der Waals surface area contributed by atoms with Gasteiger partial charge in [-0.2, -0.15) is 5.32 Å². The van der Waals surface area contributed by atoms with Gasteiger partial charge in [-0.25, -0.2) is 4.79 Å². The Labute approximate surface area is 113 Å². The normalized spacial score (nSPS) is 16.5. The quantitative estimate of drug-likeness (QED) is 0.499. The number of nitrogens with two attached hydrogens (primary N) is 1. The van der Waals surface area contributed by atoms with E-state index in [0.29, 0.717) is 31.3 Å². The highest BCUT2D eigenvalue weighted by molar-refractivity contribution is 5.95. The SMILES string of the molecule is CC(C)C(=[NH2+])NC(=O)N1CCC(CCC(=O)O)CC1. The Morgan fingerprint density at radius 3 is 2.42 bits per heavy atom. The van der Waals surface area contributed by atoms with E-state index in [1.807, 2.05) is 13.8 Å². The molecule has 1 heterocycles. The highest BCUT2D eigenvalue weighted by Gasteiger charge is 2.26. The summed E-state index contributed by atoms with van der Waals surface area (Å²) in [5.41, 5.74) is 0. The number of nitrogens with zero attached hydrogens (tertiary/aromatic N) is 1. The van der Waals surface area contributed by atoms with Gasteiger partial charge in [0.25, 0.3) is 5.84 Å². The Hall–Kier alpha value is -1.59. The summed E-state index contributed by atoms with van der Waals surface area (Å²) < 4.78 is 0. The van der Waals surface area contributed by atoms with Gasteiger partial charge in [0.05, 0.1) is 5.92 Å². The van der Waals surface area contributed by atoms with Crippen LogP contribution in [0.15, 0.2) is 0 Å². The van der Waals surface area contributed by atoms with Gasteiger partial charge in [-0.1, -0.05) is 13.8 Å². The van der Waals surface area contributed by atoms with Crippen molar-refractivity contribution in [2.45, 2.75) is 39.5 Å². The number of hydrogen-bond acceptors (Lipinski definition) is 2. The molecule has 1 aliphatic heterocycles. The third-order valence-electron chi connectivity index (χ3n) is 3.54. The van der Waals surface area contributed by atoms with Crippen LogP contribution in [-0.2, 0) is 4.79 Å². The molecular weight excluding hydrogens is 246 g/mol. The molecule has 2 amide bonds. The molecule has 0 aromatic carbocycles. The second kappa shape index (κ2) is 7.11. The lowest BCUT2D eigenvalue weighted by Gasteiger charge is -2.30. The van der Waals surface area contributed by atoms with Crippen LogP contribution in [0, 0.1) is 11.8 Å². The van der Waals surface area contributed by atoms with Gasteiger partial charge in [0.1, 0.15) is 0 Å². The van der Waals surface area contributed by atoms with Crippen molar-refractivity contribution in [3.63, 3.8) is 0 Å². The predicted molar refractivity (Wildman–Crippen MR) is 71.5 cm³/mol. The van der Waals surface area contributed by atoms with E-state index < -0.39 is 5.97 Å². The molecule has 6 nitrogen and oxygen atoms in total. The van der Waals surface area contributed by atoms with Crippen LogP contribution in [-0.4, -0.2) is 40.9 Å². The molecule has 0 aromatic heterocycles. The van der Waals surface area contributed by atoms with Gasteiger partial charge in [-0.05, 0) is 25.2 Å². The van der Waals surface area contributed by atoms with Gasteiger partial charge in [0, 0.05) is 19.5 Å². The van der Waals surface area contributed by atoms with Crippen molar-refractivity contribution in [3.8, 4) is 0 Å². The number of amides is 2. The van der Waals surface area contributed by atoms with Gasteiger partial charge in [-0.15, -0.1) is 0 Å². The number of nitrogens with one attached hydrogen (secondary N) is 1. The molecule has 0 atom stereocenters. The first kappa shape index (κ1) is 15.5. The van der Waals surface area contributed by atoms with Gasteiger partial charge in [-0.3, -0.25) is 10.2 Å². The third kappa shape index (κ3) is 5.28. The van der Waals surface area contributed by atoms with Gasteiger partial charge >= 0.3 is 12.0 Å². The molecule has 0 aromatic rings. The largest absolute Gasteiger partial charge is 0.481 e. The van der Waals surface area contributed by atoms with Crippen LogP contribution in [0.2, 0.25) is 0 Å². The molecule has 0 radical (unpaired) electrons. The average molecular weight is 270 g/mol. The second-order valence-corrected chi connectivity index (χ2v) is 5.40. The van der Waals surface area contributed by atoms with Crippen molar-refractivity contribution in [3.05, 3.63) is 0 Å². The standard InChI is InChI=1S/C13H23N3O3/c1-9(2)12(14)15-13(19)16-7-5-10(6-8-16)3-4-11(17)18/h9-10H,3-8H2,1-2H3,(H,17,18)(H2,14,15,19)/p+1. The average Bonchev–Trinajstić information content (AvgIpc) is 2.36. The molecule has 1 fully saturated rings. The molecule has 4 N–H and O–H groups in total. The van der Waals surface area contributed by atoms with Crippen molar-refractivity contribution < 1.29 is 20.1 Å². The number of carbonyl (C=O) groups excluding carboxylic acids is 1. The number of aliphatic carboxylic acids is 1. The molecule has 1 rings (SSSR count). The smallest absolute Gasteiger partial charge is 0.408 e.